The molecule has 1 aromatic carbocycles. The van der Waals surface area contributed by atoms with Gasteiger partial charge in [0.15, 0.2) is 5.65 Å². The zero-order valence-electron chi connectivity index (χ0n) is 16.7. The van der Waals surface area contributed by atoms with Crippen LogP contribution in [0.5, 0.6) is 5.75 Å². The molecule has 1 aliphatic rings. The van der Waals surface area contributed by atoms with Gasteiger partial charge in [0.25, 0.3) is 0 Å². The molecule has 2 aromatic heterocycles. The average molecular weight is 383 g/mol. The molecule has 6 nitrogen and oxygen atoms in total. The van der Waals surface area contributed by atoms with Crippen LogP contribution in [0.15, 0.2) is 24.3 Å². The highest BCUT2D eigenvalue weighted by Gasteiger charge is 2.33. The molecule has 0 unspecified atom stereocenters. The maximum Gasteiger partial charge on any atom is 0.156 e. The van der Waals surface area contributed by atoms with Crippen LogP contribution in [0.2, 0.25) is 0 Å². The van der Waals surface area contributed by atoms with Gasteiger partial charge in [-0.05, 0) is 51.5 Å². The molecule has 3 aromatic rings. The van der Waals surface area contributed by atoms with Crippen molar-refractivity contribution >= 4 is 11.0 Å². The Morgan fingerprint density at radius 1 is 1.32 bits per heavy atom. The number of pyridine rings is 1. The summed E-state index contributed by atoms with van der Waals surface area (Å²) in [5, 5.41) is 21.3. The third-order valence-corrected chi connectivity index (χ3v) is 5.62. The Labute approximate surface area is 163 Å². The Morgan fingerprint density at radius 2 is 2.11 bits per heavy atom. The van der Waals surface area contributed by atoms with E-state index >= 15 is 0 Å². The molecule has 28 heavy (non-hydrogen) atoms. The fourth-order valence-corrected chi connectivity index (χ4v) is 3.91. The molecule has 1 atom stereocenters. The van der Waals surface area contributed by atoms with E-state index in [4.69, 9.17) is 0 Å². The SMILES string of the molecule is Cc1n[nH]c2nc(-c3ccc(O)cc3F)cc(CN3C[C@@H](C)NCC3(C)C)c12. The minimum atomic E-state index is -0.495. The first kappa shape index (κ1) is 18.8. The van der Waals surface area contributed by atoms with Crippen LogP contribution in [0, 0.1) is 12.7 Å². The van der Waals surface area contributed by atoms with E-state index in [1.165, 1.54) is 6.07 Å². The first-order valence-electron chi connectivity index (χ1n) is 9.56. The van der Waals surface area contributed by atoms with Crippen LogP contribution >= 0.6 is 0 Å². The molecule has 0 saturated carbocycles. The molecule has 4 rings (SSSR count). The van der Waals surface area contributed by atoms with Crippen molar-refractivity contribution in [2.24, 2.45) is 0 Å². The van der Waals surface area contributed by atoms with Crippen molar-refractivity contribution in [2.45, 2.75) is 45.8 Å². The van der Waals surface area contributed by atoms with Crippen LogP contribution < -0.4 is 5.32 Å². The van der Waals surface area contributed by atoms with E-state index < -0.39 is 5.82 Å². The van der Waals surface area contributed by atoms with Crippen LogP contribution in [0.4, 0.5) is 4.39 Å². The minimum absolute atomic E-state index is 0.00366. The Kier molecular flexibility index (Phi) is 4.59. The average Bonchev–Trinajstić information content (AvgIpc) is 3.00. The van der Waals surface area contributed by atoms with Gasteiger partial charge in [-0.2, -0.15) is 5.10 Å². The van der Waals surface area contributed by atoms with E-state index in [-0.39, 0.29) is 11.3 Å². The third kappa shape index (κ3) is 3.36. The number of piperazine rings is 1. The van der Waals surface area contributed by atoms with Gasteiger partial charge in [0.1, 0.15) is 11.6 Å². The van der Waals surface area contributed by atoms with Gasteiger partial charge >= 0.3 is 0 Å². The van der Waals surface area contributed by atoms with Gasteiger partial charge in [0, 0.05) is 48.2 Å². The molecular formula is C21H26FN5O. The van der Waals surface area contributed by atoms with Crippen molar-refractivity contribution in [1.82, 2.24) is 25.4 Å². The standard InChI is InChI=1S/C21H26FN5O/c1-12-9-27(21(3,4)11-23-12)10-14-7-18(16-6-5-15(28)8-17(16)22)24-20-19(14)13(2)25-26-20/h5-8,12,23,28H,9-11H2,1-4H3,(H,24,25,26)/t12-/m1/s1. The summed E-state index contributed by atoms with van der Waals surface area (Å²) in [5.74, 6) is -0.596. The summed E-state index contributed by atoms with van der Waals surface area (Å²) in [5.41, 5.74) is 3.50. The quantitative estimate of drug-likeness (QED) is 0.647. The van der Waals surface area contributed by atoms with Crippen LogP contribution in [0.1, 0.15) is 32.0 Å². The van der Waals surface area contributed by atoms with Crippen molar-refractivity contribution in [3.05, 3.63) is 41.3 Å². The molecular weight excluding hydrogens is 357 g/mol. The highest BCUT2D eigenvalue weighted by molar-refractivity contribution is 5.84. The number of halogens is 1. The summed E-state index contributed by atoms with van der Waals surface area (Å²) in [6.45, 7) is 11.2. The van der Waals surface area contributed by atoms with E-state index in [0.29, 0.717) is 22.9 Å². The van der Waals surface area contributed by atoms with Crippen molar-refractivity contribution in [3.8, 4) is 17.0 Å². The van der Waals surface area contributed by atoms with Gasteiger partial charge in [-0.15, -0.1) is 0 Å². The van der Waals surface area contributed by atoms with Crippen molar-refractivity contribution in [1.29, 1.82) is 0 Å². The lowest BCUT2D eigenvalue weighted by Gasteiger charge is -2.45. The molecule has 3 N–H and O–H groups in total. The van der Waals surface area contributed by atoms with Crippen LogP contribution in [-0.4, -0.2) is 49.9 Å². The Morgan fingerprint density at radius 3 is 2.86 bits per heavy atom. The molecule has 0 bridgehead atoms. The van der Waals surface area contributed by atoms with E-state index in [9.17, 15) is 9.50 Å². The van der Waals surface area contributed by atoms with Crippen LogP contribution in [0.3, 0.4) is 0 Å². The number of rotatable bonds is 3. The van der Waals surface area contributed by atoms with Crippen LogP contribution in [-0.2, 0) is 6.54 Å². The van der Waals surface area contributed by atoms with Gasteiger partial charge in [-0.3, -0.25) is 10.00 Å². The van der Waals surface area contributed by atoms with Gasteiger partial charge in [0.05, 0.1) is 11.4 Å². The lowest BCUT2D eigenvalue weighted by atomic mass is 9.96. The molecule has 0 radical (unpaired) electrons. The normalized spacial score (nSPS) is 20.0. The number of hydrogen-bond donors (Lipinski definition) is 3. The van der Waals surface area contributed by atoms with E-state index in [2.05, 4.69) is 46.2 Å². The predicted octanol–water partition coefficient (Wildman–Crippen LogP) is 3.35. The molecule has 0 spiro atoms. The predicted molar refractivity (Wildman–Crippen MR) is 108 cm³/mol. The first-order valence-corrected chi connectivity index (χ1v) is 9.56. The number of fused-ring (bicyclic) bond motifs is 1. The van der Waals surface area contributed by atoms with E-state index in [1.54, 1.807) is 6.07 Å². The maximum atomic E-state index is 14.5. The monoisotopic (exact) mass is 383 g/mol. The smallest absolute Gasteiger partial charge is 0.156 e. The number of H-pyrrole nitrogens is 1. The molecule has 3 heterocycles. The molecule has 148 valence electrons. The molecule has 7 heteroatoms. The lowest BCUT2D eigenvalue weighted by molar-refractivity contribution is 0.0630. The second kappa shape index (κ2) is 6.83. The number of nitrogens with one attached hydrogen (secondary N) is 2. The zero-order valence-corrected chi connectivity index (χ0v) is 16.7. The summed E-state index contributed by atoms with van der Waals surface area (Å²) >= 11 is 0. The first-order chi connectivity index (χ1) is 13.2. The second-order valence-electron chi connectivity index (χ2n) is 8.34. The number of benzene rings is 1. The third-order valence-electron chi connectivity index (χ3n) is 5.62. The number of nitrogens with zero attached hydrogens (tertiary/aromatic N) is 3. The number of phenolic OH excluding ortho intramolecular Hbond substituents is 1. The Balaban J connectivity index is 1.81. The van der Waals surface area contributed by atoms with Crippen LogP contribution in [0.25, 0.3) is 22.3 Å². The summed E-state index contributed by atoms with van der Waals surface area (Å²) in [6, 6.07) is 6.50. The second-order valence-corrected chi connectivity index (χ2v) is 8.34. The van der Waals surface area contributed by atoms with Gasteiger partial charge in [0.2, 0.25) is 0 Å². The van der Waals surface area contributed by atoms with Gasteiger partial charge in [-0.25, -0.2) is 9.37 Å². The summed E-state index contributed by atoms with van der Waals surface area (Å²) in [7, 11) is 0. The molecule has 1 aliphatic heterocycles. The number of hydrogen-bond acceptors (Lipinski definition) is 5. The topological polar surface area (TPSA) is 77.1 Å². The van der Waals surface area contributed by atoms with Crippen molar-refractivity contribution in [2.75, 3.05) is 13.1 Å². The minimum Gasteiger partial charge on any atom is -0.508 e. The van der Waals surface area contributed by atoms with E-state index in [1.807, 2.05) is 13.0 Å². The summed E-state index contributed by atoms with van der Waals surface area (Å²) in [4.78, 5) is 7.04. The number of aromatic amines is 1. The fraction of sp³-hybridized carbons (Fsp3) is 0.429. The lowest BCUT2D eigenvalue weighted by Crippen LogP contribution is -2.60. The highest BCUT2D eigenvalue weighted by Crippen LogP contribution is 2.31. The van der Waals surface area contributed by atoms with Crippen molar-refractivity contribution in [3.63, 3.8) is 0 Å². The molecule has 0 aliphatic carbocycles. The summed E-state index contributed by atoms with van der Waals surface area (Å²) < 4.78 is 14.5. The highest BCUT2D eigenvalue weighted by atomic mass is 19.1. The molecule has 1 saturated heterocycles. The van der Waals surface area contributed by atoms with Crippen molar-refractivity contribution < 1.29 is 9.50 Å². The van der Waals surface area contributed by atoms with Gasteiger partial charge in [-0.1, -0.05) is 0 Å². The van der Waals surface area contributed by atoms with Gasteiger partial charge < -0.3 is 10.4 Å². The summed E-state index contributed by atoms with van der Waals surface area (Å²) in [6.07, 6.45) is 0. The number of phenols is 1. The Bertz CT molecular complexity index is 1030. The molecule has 0 amide bonds. The zero-order chi connectivity index (χ0) is 20.1. The maximum absolute atomic E-state index is 14.5. The Hall–Kier alpha value is -2.51. The number of aryl methyl sites for hydroxylation is 1. The van der Waals surface area contributed by atoms with E-state index in [0.717, 1.165) is 42.3 Å². The molecule has 1 fully saturated rings. The fourth-order valence-electron chi connectivity index (χ4n) is 3.91. The number of aromatic nitrogens is 3. The number of aromatic hydroxyl groups is 1. The largest absolute Gasteiger partial charge is 0.508 e.